The molecule has 5 heteroatoms. The number of hydrogen-bond acceptors (Lipinski definition) is 5. The van der Waals surface area contributed by atoms with E-state index in [1.165, 1.54) is 11.1 Å². The summed E-state index contributed by atoms with van der Waals surface area (Å²) in [5.74, 6) is 1.35. The van der Waals surface area contributed by atoms with Gasteiger partial charge in [-0.05, 0) is 70.2 Å². The average molecular weight is 440 g/mol. The highest BCUT2D eigenvalue weighted by molar-refractivity contribution is 5.65. The number of aliphatic hydroxyl groups is 1. The predicted octanol–water partition coefficient (Wildman–Crippen LogP) is 3.80. The lowest BCUT2D eigenvalue weighted by Crippen LogP contribution is -2.80. The van der Waals surface area contributed by atoms with Crippen molar-refractivity contribution in [3.8, 4) is 11.5 Å². The molecule has 2 N–H and O–H groups in total. The van der Waals surface area contributed by atoms with Crippen LogP contribution in [0.2, 0.25) is 0 Å². The molecule has 5 nitrogen and oxygen atoms in total. The van der Waals surface area contributed by atoms with E-state index in [0.29, 0.717) is 17.7 Å². The van der Waals surface area contributed by atoms with Crippen LogP contribution >= 0.6 is 0 Å². The van der Waals surface area contributed by atoms with Gasteiger partial charge in [-0.15, -0.1) is 0 Å². The minimum atomic E-state index is -0.868. The minimum absolute atomic E-state index is 0.0751. The summed E-state index contributed by atoms with van der Waals surface area (Å²) in [7, 11) is 4.02. The molecule has 4 aliphatic carbocycles. The summed E-state index contributed by atoms with van der Waals surface area (Å²) in [6, 6.07) is 4.24. The van der Waals surface area contributed by atoms with Crippen molar-refractivity contribution >= 4 is 0 Å². The molecule has 7 rings (SSSR count). The number of fused-ring (bicyclic) bond motifs is 1. The number of aromatic hydroxyl groups is 1. The van der Waals surface area contributed by atoms with Crippen LogP contribution < -0.4 is 4.74 Å². The zero-order valence-corrected chi connectivity index (χ0v) is 20.0. The van der Waals surface area contributed by atoms with Gasteiger partial charge in [-0.2, -0.15) is 0 Å². The largest absolute Gasteiger partial charge is 0.504 e. The van der Waals surface area contributed by atoms with Crippen LogP contribution in [0.5, 0.6) is 11.5 Å². The van der Waals surface area contributed by atoms with Crippen LogP contribution in [0, 0.1) is 17.3 Å². The van der Waals surface area contributed by atoms with Crippen LogP contribution in [0.3, 0.4) is 0 Å². The van der Waals surface area contributed by atoms with Crippen molar-refractivity contribution in [1.29, 1.82) is 0 Å². The molecule has 0 radical (unpaired) electrons. The van der Waals surface area contributed by atoms with Gasteiger partial charge in [0, 0.05) is 30.0 Å². The fourth-order valence-corrected chi connectivity index (χ4v) is 8.52. The summed E-state index contributed by atoms with van der Waals surface area (Å²) in [6.07, 6.45) is 8.94. The molecule has 2 fully saturated rings. The summed E-state index contributed by atoms with van der Waals surface area (Å²) in [4.78, 5) is 2.52. The molecule has 7 atom stereocenters. The monoisotopic (exact) mass is 439 g/mol. The van der Waals surface area contributed by atoms with Crippen molar-refractivity contribution in [2.24, 2.45) is 17.3 Å². The maximum absolute atomic E-state index is 11.9. The average Bonchev–Trinajstić information content (AvgIpc) is 3.14. The van der Waals surface area contributed by atoms with Crippen LogP contribution in [-0.4, -0.2) is 59.2 Å². The molecule has 2 spiro atoms. The third-order valence-corrected chi connectivity index (χ3v) is 10.1. The number of benzene rings is 1. The standard InChI is InChI=1S/C27H37NO4/c1-16(2)8-9-24(3,30)19-15-25-10-11-27(19,31-5)23-26(25)12-13-28(4)20(25)14-17-6-7-18(29)22(32-23)21(17)26/h6-7,10-11,16,19-20,23,29-30H,8-9,12-15H2,1-5H3/t19-,20?,23-,24?,25?,26?,27+/m1/s1. The van der Waals surface area contributed by atoms with Crippen molar-refractivity contribution in [2.75, 3.05) is 20.7 Å². The lowest BCUT2D eigenvalue weighted by atomic mass is 9.36. The Morgan fingerprint density at radius 2 is 2.09 bits per heavy atom. The molecular weight excluding hydrogens is 402 g/mol. The first-order valence-corrected chi connectivity index (χ1v) is 12.3. The van der Waals surface area contributed by atoms with E-state index >= 15 is 0 Å². The van der Waals surface area contributed by atoms with Gasteiger partial charge in [0.1, 0.15) is 11.7 Å². The molecule has 1 saturated carbocycles. The van der Waals surface area contributed by atoms with E-state index in [0.717, 1.165) is 38.6 Å². The maximum atomic E-state index is 11.9. The second-order valence-corrected chi connectivity index (χ2v) is 11.8. The molecule has 4 bridgehead atoms. The molecule has 4 unspecified atom stereocenters. The molecule has 1 saturated heterocycles. The fraction of sp³-hybridized carbons (Fsp3) is 0.704. The van der Waals surface area contributed by atoms with Crippen molar-refractivity contribution < 1.29 is 19.7 Å². The molecule has 32 heavy (non-hydrogen) atoms. The Bertz CT molecular complexity index is 1000. The SMILES string of the molecule is CO[C@@]12C=CC3(C[C@@H]1C(C)(O)CCC(C)C)C1Cc4ccc(O)c5c4C3(CCN1C)[C@H]2O5. The molecule has 6 aliphatic rings. The number of piperidine rings is 1. The van der Waals surface area contributed by atoms with Crippen molar-refractivity contribution in [1.82, 2.24) is 4.90 Å². The fourth-order valence-electron chi connectivity index (χ4n) is 8.52. The summed E-state index contributed by atoms with van der Waals surface area (Å²) >= 11 is 0. The second-order valence-electron chi connectivity index (χ2n) is 11.8. The number of likely N-dealkylation sites (tertiary alicyclic amines) is 1. The normalized spacial score (nSPS) is 42.7. The lowest BCUT2D eigenvalue weighted by Gasteiger charge is -2.72. The van der Waals surface area contributed by atoms with Gasteiger partial charge in [0.25, 0.3) is 0 Å². The van der Waals surface area contributed by atoms with Crippen LogP contribution in [0.4, 0.5) is 0 Å². The predicted molar refractivity (Wildman–Crippen MR) is 123 cm³/mol. The topological polar surface area (TPSA) is 62.2 Å². The highest BCUT2D eigenvalue weighted by atomic mass is 16.6. The number of nitrogens with zero attached hydrogens (tertiary/aromatic N) is 1. The zero-order valence-electron chi connectivity index (χ0n) is 20.0. The first-order valence-electron chi connectivity index (χ1n) is 12.3. The number of likely N-dealkylation sites (N-methyl/N-ethyl adjacent to an activating group) is 1. The Labute approximate surface area is 191 Å². The Balaban J connectivity index is 1.59. The zero-order chi connectivity index (χ0) is 22.7. The maximum Gasteiger partial charge on any atom is 0.165 e. The van der Waals surface area contributed by atoms with Crippen LogP contribution in [0.25, 0.3) is 0 Å². The van der Waals surface area contributed by atoms with E-state index in [9.17, 15) is 10.2 Å². The van der Waals surface area contributed by atoms with Crippen molar-refractivity contribution in [3.63, 3.8) is 0 Å². The molecule has 0 aromatic heterocycles. The molecule has 2 aliphatic heterocycles. The third-order valence-electron chi connectivity index (χ3n) is 10.1. The summed E-state index contributed by atoms with van der Waals surface area (Å²) < 4.78 is 13.2. The highest BCUT2D eigenvalue weighted by Gasteiger charge is 2.80. The molecule has 174 valence electrons. The van der Waals surface area contributed by atoms with E-state index in [4.69, 9.17) is 9.47 Å². The summed E-state index contributed by atoms with van der Waals surface area (Å²) in [6.45, 7) is 7.43. The van der Waals surface area contributed by atoms with Gasteiger partial charge >= 0.3 is 0 Å². The van der Waals surface area contributed by atoms with Gasteiger partial charge in [0.15, 0.2) is 11.5 Å². The number of phenols is 1. The molecule has 0 amide bonds. The highest BCUT2D eigenvalue weighted by Crippen LogP contribution is 2.75. The van der Waals surface area contributed by atoms with Gasteiger partial charge in [-0.25, -0.2) is 0 Å². The van der Waals surface area contributed by atoms with E-state index in [2.05, 4.69) is 44.0 Å². The first kappa shape index (κ1) is 21.0. The van der Waals surface area contributed by atoms with E-state index in [1.54, 1.807) is 13.2 Å². The Hall–Kier alpha value is -1.56. The molecular formula is C27H37NO4. The Morgan fingerprint density at radius 3 is 2.81 bits per heavy atom. The molecule has 2 heterocycles. The number of hydrogen-bond donors (Lipinski definition) is 2. The smallest absolute Gasteiger partial charge is 0.165 e. The second kappa shape index (κ2) is 6.31. The van der Waals surface area contributed by atoms with Gasteiger partial charge in [0.2, 0.25) is 0 Å². The van der Waals surface area contributed by atoms with E-state index in [-0.39, 0.29) is 28.6 Å². The van der Waals surface area contributed by atoms with E-state index in [1.807, 2.05) is 6.92 Å². The molecule has 1 aromatic rings. The first-order chi connectivity index (χ1) is 15.1. The van der Waals surface area contributed by atoms with Crippen LogP contribution in [0.15, 0.2) is 24.3 Å². The Morgan fingerprint density at radius 1 is 1.31 bits per heavy atom. The van der Waals surface area contributed by atoms with Gasteiger partial charge in [-0.3, -0.25) is 0 Å². The Kier molecular flexibility index (Phi) is 4.14. The molecule has 1 aromatic carbocycles. The van der Waals surface area contributed by atoms with Crippen molar-refractivity contribution in [2.45, 2.75) is 81.6 Å². The third kappa shape index (κ3) is 2.17. The van der Waals surface area contributed by atoms with Crippen LogP contribution in [-0.2, 0) is 16.6 Å². The summed E-state index contributed by atoms with van der Waals surface area (Å²) in [5.41, 5.74) is 0.580. The summed E-state index contributed by atoms with van der Waals surface area (Å²) in [5, 5.41) is 22.7. The van der Waals surface area contributed by atoms with E-state index < -0.39 is 11.2 Å². The lowest BCUT2D eigenvalue weighted by molar-refractivity contribution is -0.247. The van der Waals surface area contributed by atoms with Crippen LogP contribution in [0.1, 0.15) is 57.6 Å². The quantitative estimate of drug-likeness (QED) is 0.684. The van der Waals surface area contributed by atoms with Gasteiger partial charge < -0.3 is 24.6 Å². The number of phenolic OH excluding ortho intramolecular Hbond substituents is 1. The van der Waals surface area contributed by atoms with Gasteiger partial charge in [-0.1, -0.05) is 32.1 Å². The minimum Gasteiger partial charge on any atom is -0.504 e. The number of ether oxygens (including phenoxy) is 2. The number of methoxy groups -OCH3 is 1. The van der Waals surface area contributed by atoms with Crippen molar-refractivity contribution in [3.05, 3.63) is 35.4 Å². The number of rotatable bonds is 5. The van der Waals surface area contributed by atoms with Gasteiger partial charge in [0.05, 0.1) is 11.0 Å².